The van der Waals surface area contributed by atoms with Crippen molar-refractivity contribution >= 4 is 22.9 Å². The van der Waals surface area contributed by atoms with Crippen molar-refractivity contribution in [2.45, 2.75) is 12.8 Å². The van der Waals surface area contributed by atoms with Crippen LogP contribution in [0.2, 0.25) is 0 Å². The minimum Gasteiger partial charge on any atom is -0.491 e. The zero-order valence-electron chi connectivity index (χ0n) is 13.6. The lowest BCUT2D eigenvalue weighted by Crippen LogP contribution is -2.37. The number of carbonyl (C=O) groups excluding carboxylic acids is 1. The molecule has 0 bridgehead atoms. The summed E-state index contributed by atoms with van der Waals surface area (Å²) in [7, 11) is 0. The van der Waals surface area contributed by atoms with E-state index in [1.165, 1.54) is 0 Å². The molecule has 0 aliphatic carbocycles. The van der Waals surface area contributed by atoms with Gasteiger partial charge in [-0.25, -0.2) is 4.98 Å². The number of morpholine rings is 1. The highest BCUT2D eigenvalue weighted by Gasteiger charge is 2.13. The van der Waals surface area contributed by atoms with Gasteiger partial charge in [-0.1, -0.05) is 0 Å². The molecule has 0 spiro atoms. The van der Waals surface area contributed by atoms with Crippen molar-refractivity contribution in [2.75, 3.05) is 45.2 Å². The predicted molar refractivity (Wildman–Crippen MR) is 90.8 cm³/mol. The number of hydrogen-bond donors (Lipinski definition) is 3. The van der Waals surface area contributed by atoms with E-state index in [2.05, 4.69) is 14.9 Å². The fourth-order valence-electron chi connectivity index (χ4n) is 2.87. The summed E-state index contributed by atoms with van der Waals surface area (Å²) in [5.41, 5.74) is 13.2. The largest absolute Gasteiger partial charge is 0.491 e. The molecular formula is C16H23N5O3. The minimum atomic E-state index is -0.389. The summed E-state index contributed by atoms with van der Waals surface area (Å²) in [5.74, 6) is 0.554. The second kappa shape index (κ2) is 7.50. The smallest absolute Gasteiger partial charge is 0.221 e. The number of nitrogens with one attached hydrogen (secondary N) is 1. The number of benzene rings is 1. The molecule has 130 valence electrons. The lowest BCUT2D eigenvalue weighted by Gasteiger charge is -2.26. The first-order valence-corrected chi connectivity index (χ1v) is 8.11. The molecule has 0 unspecified atom stereocenters. The normalized spacial score (nSPS) is 15.7. The molecule has 1 aliphatic heterocycles. The Bertz CT molecular complexity index is 709. The molecule has 1 aromatic heterocycles. The molecule has 1 amide bonds. The number of hydrogen-bond acceptors (Lipinski definition) is 6. The van der Waals surface area contributed by atoms with Crippen LogP contribution in [0, 0.1) is 0 Å². The van der Waals surface area contributed by atoms with Crippen LogP contribution in [0.5, 0.6) is 5.75 Å². The van der Waals surface area contributed by atoms with Gasteiger partial charge < -0.3 is 25.9 Å². The number of nitrogens with two attached hydrogens (primary N) is 2. The van der Waals surface area contributed by atoms with Crippen molar-refractivity contribution in [3.05, 3.63) is 17.7 Å². The van der Waals surface area contributed by atoms with Crippen LogP contribution in [0.3, 0.4) is 0 Å². The average molecular weight is 333 g/mol. The molecule has 2 aromatic rings. The standard InChI is InChI=1S/C16H23N5O3/c17-14(22)10-11-8-12-15(20-16(18)19-12)13(9-11)24-5-1-2-21-3-6-23-7-4-21/h8-9H,1-7,10H2,(H2,17,22)(H3,18,19,20). The van der Waals surface area contributed by atoms with Gasteiger partial charge in [0, 0.05) is 19.6 Å². The van der Waals surface area contributed by atoms with Crippen LogP contribution in [0.25, 0.3) is 11.0 Å². The van der Waals surface area contributed by atoms with Gasteiger partial charge in [-0.15, -0.1) is 0 Å². The number of imidazole rings is 1. The fourth-order valence-corrected chi connectivity index (χ4v) is 2.87. The SMILES string of the molecule is NC(=O)Cc1cc(OCCCN2CCOCC2)c2nc(N)[nH]c2c1. The summed E-state index contributed by atoms with van der Waals surface area (Å²) < 4.78 is 11.2. The van der Waals surface area contributed by atoms with Gasteiger partial charge in [0.15, 0.2) is 5.95 Å². The number of ether oxygens (including phenoxy) is 2. The van der Waals surface area contributed by atoms with E-state index in [1.807, 2.05) is 12.1 Å². The molecule has 24 heavy (non-hydrogen) atoms. The van der Waals surface area contributed by atoms with Gasteiger partial charge >= 0.3 is 0 Å². The number of rotatable bonds is 7. The first-order valence-electron chi connectivity index (χ1n) is 8.11. The van der Waals surface area contributed by atoms with E-state index < -0.39 is 0 Å². The number of nitrogens with zero attached hydrogens (tertiary/aromatic N) is 2. The number of primary amides is 1. The van der Waals surface area contributed by atoms with Gasteiger partial charge in [0.1, 0.15) is 11.3 Å². The molecule has 8 heteroatoms. The van der Waals surface area contributed by atoms with Gasteiger partial charge in [0.05, 0.1) is 31.8 Å². The van der Waals surface area contributed by atoms with Crippen molar-refractivity contribution in [2.24, 2.45) is 5.73 Å². The molecule has 1 fully saturated rings. The number of fused-ring (bicyclic) bond motifs is 1. The number of aromatic amines is 1. The number of amides is 1. The van der Waals surface area contributed by atoms with Crippen LogP contribution >= 0.6 is 0 Å². The second-order valence-electron chi connectivity index (χ2n) is 5.91. The Morgan fingerprint density at radius 1 is 1.38 bits per heavy atom. The third-order valence-electron chi connectivity index (χ3n) is 3.99. The number of aromatic nitrogens is 2. The van der Waals surface area contributed by atoms with E-state index >= 15 is 0 Å². The third-order valence-corrected chi connectivity index (χ3v) is 3.99. The Labute approximate surface area is 140 Å². The first kappa shape index (κ1) is 16.5. The monoisotopic (exact) mass is 333 g/mol. The molecule has 1 aliphatic rings. The highest BCUT2D eigenvalue weighted by molar-refractivity contribution is 5.86. The second-order valence-corrected chi connectivity index (χ2v) is 5.91. The summed E-state index contributed by atoms with van der Waals surface area (Å²) in [5, 5.41) is 0. The maximum Gasteiger partial charge on any atom is 0.221 e. The summed E-state index contributed by atoms with van der Waals surface area (Å²) in [6.07, 6.45) is 1.06. The Morgan fingerprint density at radius 3 is 2.92 bits per heavy atom. The Kier molecular flexibility index (Phi) is 5.17. The van der Waals surface area contributed by atoms with Gasteiger partial charge in [0.25, 0.3) is 0 Å². The number of nitrogen functional groups attached to an aromatic ring is 1. The Hall–Kier alpha value is -2.32. The minimum absolute atomic E-state index is 0.152. The fraction of sp³-hybridized carbons (Fsp3) is 0.500. The molecule has 0 saturated carbocycles. The van der Waals surface area contributed by atoms with E-state index in [9.17, 15) is 4.79 Å². The number of carbonyl (C=O) groups is 1. The summed E-state index contributed by atoms with van der Waals surface area (Å²) in [6.45, 7) is 5.06. The Balaban J connectivity index is 1.64. The average Bonchev–Trinajstić information content (AvgIpc) is 2.92. The van der Waals surface area contributed by atoms with Crippen LogP contribution in [0.15, 0.2) is 12.1 Å². The zero-order chi connectivity index (χ0) is 16.9. The summed E-state index contributed by atoms with van der Waals surface area (Å²) in [4.78, 5) is 20.8. The highest BCUT2D eigenvalue weighted by Crippen LogP contribution is 2.27. The molecule has 1 aromatic carbocycles. The summed E-state index contributed by atoms with van der Waals surface area (Å²) >= 11 is 0. The number of anilines is 1. The summed E-state index contributed by atoms with van der Waals surface area (Å²) in [6, 6.07) is 3.63. The quantitative estimate of drug-likeness (QED) is 0.626. The topological polar surface area (TPSA) is 119 Å². The Morgan fingerprint density at radius 2 is 2.17 bits per heavy atom. The van der Waals surface area contributed by atoms with E-state index in [0.717, 1.165) is 50.3 Å². The van der Waals surface area contributed by atoms with Crippen LogP contribution in [-0.2, 0) is 16.0 Å². The van der Waals surface area contributed by atoms with Crippen molar-refractivity contribution in [1.29, 1.82) is 0 Å². The van der Waals surface area contributed by atoms with Gasteiger partial charge in [-0.05, 0) is 24.1 Å². The van der Waals surface area contributed by atoms with E-state index in [4.69, 9.17) is 20.9 Å². The van der Waals surface area contributed by atoms with Crippen molar-refractivity contribution < 1.29 is 14.3 Å². The molecule has 2 heterocycles. The predicted octanol–water partition coefficient (Wildman–Crippen LogP) is 0.274. The van der Waals surface area contributed by atoms with E-state index in [1.54, 1.807) is 0 Å². The van der Waals surface area contributed by atoms with Crippen LogP contribution in [0.4, 0.5) is 5.95 Å². The molecular weight excluding hydrogens is 310 g/mol. The van der Waals surface area contributed by atoms with E-state index in [-0.39, 0.29) is 12.3 Å². The van der Waals surface area contributed by atoms with Crippen molar-refractivity contribution in [3.8, 4) is 5.75 Å². The first-order chi connectivity index (χ1) is 11.6. The van der Waals surface area contributed by atoms with Crippen molar-refractivity contribution in [1.82, 2.24) is 14.9 Å². The van der Waals surface area contributed by atoms with Crippen molar-refractivity contribution in [3.63, 3.8) is 0 Å². The lowest BCUT2D eigenvalue weighted by atomic mass is 10.1. The number of H-pyrrole nitrogens is 1. The van der Waals surface area contributed by atoms with Gasteiger partial charge in [0.2, 0.25) is 5.91 Å². The van der Waals surface area contributed by atoms with Crippen LogP contribution < -0.4 is 16.2 Å². The van der Waals surface area contributed by atoms with Crippen LogP contribution in [0.1, 0.15) is 12.0 Å². The highest BCUT2D eigenvalue weighted by atomic mass is 16.5. The van der Waals surface area contributed by atoms with Gasteiger partial charge in [-0.2, -0.15) is 0 Å². The molecule has 3 rings (SSSR count). The molecule has 1 saturated heterocycles. The van der Waals surface area contributed by atoms with E-state index in [0.29, 0.717) is 23.8 Å². The third kappa shape index (κ3) is 4.15. The zero-order valence-corrected chi connectivity index (χ0v) is 13.6. The van der Waals surface area contributed by atoms with Crippen LogP contribution in [-0.4, -0.2) is 60.2 Å². The lowest BCUT2D eigenvalue weighted by molar-refractivity contribution is -0.117. The molecule has 0 radical (unpaired) electrons. The molecule has 5 N–H and O–H groups in total. The maximum atomic E-state index is 11.2. The molecule has 8 nitrogen and oxygen atoms in total. The van der Waals surface area contributed by atoms with Gasteiger partial charge in [-0.3, -0.25) is 9.69 Å². The molecule has 0 atom stereocenters. The maximum absolute atomic E-state index is 11.2.